The first-order valence-electron chi connectivity index (χ1n) is 5.45. The molecule has 0 bridgehead atoms. The van der Waals surface area contributed by atoms with Crippen LogP contribution in [0, 0.1) is 5.82 Å². The van der Waals surface area contributed by atoms with Gasteiger partial charge in [-0.1, -0.05) is 23.7 Å². The number of benzene rings is 2. The van der Waals surface area contributed by atoms with E-state index in [4.69, 9.17) is 11.6 Å². The molecule has 0 spiro atoms. The minimum absolute atomic E-state index is 0.151. The number of rotatable bonds is 2. The first-order chi connectivity index (χ1) is 9.32. The van der Waals surface area contributed by atoms with E-state index >= 15 is 0 Å². The van der Waals surface area contributed by atoms with Crippen LogP contribution in [0.4, 0.5) is 17.6 Å². The van der Waals surface area contributed by atoms with Gasteiger partial charge < -0.3 is 0 Å². The van der Waals surface area contributed by atoms with Crippen molar-refractivity contribution < 1.29 is 22.4 Å². The van der Waals surface area contributed by atoms with Gasteiger partial charge in [0, 0.05) is 5.56 Å². The lowest BCUT2D eigenvalue weighted by atomic mass is 10.0. The van der Waals surface area contributed by atoms with Gasteiger partial charge in [0.2, 0.25) is 0 Å². The van der Waals surface area contributed by atoms with E-state index in [1.54, 1.807) is 0 Å². The molecule has 0 atom stereocenters. The normalized spacial score (nSPS) is 11.4. The highest BCUT2D eigenvalue weighted by Crippen LogP contribution is 2.34. The van der Waals surface area contributed by atoms with Crippen molar-refractivity contribution in [3.63, 3.8) is 0 Å². The Morgan fingerprint density at radius 2 is 1.60 bits per heavy atom. The minimum Gasteiger partial charge on any atom is -0.298 e. The van der Waals surface area contributed by atoms with Crippen LogP contribution >= 0.6 is 11.6 Å². The zero-order chi connectivity index (χ0) is 14.9. The van der Waals surface area contributed by atoms with Crippen LogP contribution in [-0.4, -0.2) is 6.29 Å². The summed E-state index contributed by atoms with van der Waals surface area (Å²) in [6, 6.07) is 6.87. The fourth-order valence-corrected chi connectivity index (χ4v) is 1.90. The summed E-state index contributed by atoms with van der Waals surface area (Å²) in [5.74, 6) is -1.34. The molecular weight excluding hydrogens is 296 g/mol. The standard InChI is InChI=1S/C14H7ClF4O/c15-12-3-1-8(5-10(12)7-20)9-2-4-13(16)11(6-9)14(17,18)19/h1-7H. The summed E-state index contributed by atoms with van der Waals surface area (Å²) in [5.41, 5.74) is -0.694. The van der Waals surface area contributed by atoms with E-state index in [9.17, 15) is 22.4 Å². The van der Waals surface area contributed by atoms with Gasteiger partial charge in [-0.25, -0.2) is 4.39 Å². The number of alkyl halides is 3. The Balaban J connectivity index is 2.56. The van der Waals surface area contributed by atoms with E-state index < -0.39 is 17.6 Å². The van der Waals surface area contributed by atoms with Crippen LogP contribution in [0.1, 0.15) is 15.9 Å². The first kappa shape index (κ1) is 14.5. The lowest BCUT2D eigenvalue weighted by molar-refractivity contribution is -0.139. The first-order valence-corrected chi connectivity index (χ1v) is 5.82. The molecule has 0 radical (unpaired) electrons. The molecular formula is C14H7ClF4O. The molecule has 0 aliphatic heterocycles. The molecule has 0 fully saturated rings. The Bertz CT molecular complexity index is 665. The summed E-state index contributed by atoms with van der Waals surface area (Å²) in [6.45, 7) is 0. The van der Waals surface area contributed by atoms with Crippen molar-refractivity contribution in [2.75, 3.05) is 0 Å². The van der Waals surface area contributed by atoms with Gasteiger partial charge in [0.05, 0.1) is 10.6 Å². The summed E-state index contributed by atoms with van der Waals surface area (Å²) in [4.78, 5) is 10.8. The number of hydrogen-bond donors (Lipinski definition) is 0. The van der Waals surface area contributed by atoms with E-state index in [-0.39, 0.29) is 16.1 Å². The van der Waals surface area contributed by atoms with Gasteiger partial charge in [0.1, 0.15) is 5.82 Å². The monoisotopic (exact) mass is 302 g/mol. The fourth-order valence-electron chi connectivity index (χ4n) is 1.74. The number of carbonyl (C=O) groups is 1. The second kappa shape index (κ2) is 5.25. The molecule has 2 aromatic rings. The number of hydrogen-bond acceptors (Lipinski definition) is 1. The summed E-state index contributed by atoms with van der Waals surface area (Å²) in [5, 5.41) is 0.196. The highest BCUT2D eigenvalue weighted by atomic mass is 35.5. The third-order valence-electron chi connectivity index (χ3n) is 2.73. The molecule has 2 rings (SSSR count). The van der Waals surface area contributed by atoms with Crippen molar-refractivity contribution in [3.8, 4) is 11.1 Å². The molecule has 0 amide bonds. The van der Waals surface area contributed by atoms with Crippen LogP contribution in [0.3, 0.4) is 0 Å². The maximum absolute atomic E-state index is 13.2. The maximum atomic E-state index is 13.2. The van der Waals surface area contributed by atoms with Crippen LogP contribution in [0.5, 0.6) is 0 Å². The van der Waals surface area contributed by atoms with Crippen LogP contribution in [0.2, 0.25) is 5.02 Å². The number of aldehydes is 1. The second-order valence-electron chi connectivity index (χ2n) is 4.05. The van der Waals surface area contributed by atoms with Gasteiger partial charge in [0.25, 0.3) is 0 Å². The Morgan fingerprint density at radius 3 is 2.20 bits per heavy atom. The molecule has 1 nitrogen and oxygen atoms in total. The third kappa shape index (κ3) is 2.82. The van der Waals surface area contributed by atoms with Gasteiger partial charge in [-0.05, 0) is 35.4 Å². The highest BCUT2D eigenvalue weighted by molar-refractivity contribution is 6.33. The Kier molecular flexibility index (Phi) is 3.81. The molecule has 2 aromatic carbocycles. The SMILES string of the molecule is O=Cc1cc(-c2ccc(F)c(C(F)(F)F)c2)ccc1Cl. The third-order valence-corrected chi connectivity index (χ3v) is 3.07. The molecule has 0 aliphatic carbocycles. The Morgan fingerprint density at radius 1 is 1.00 bits per heavy atom. The molecule has 0 aliphatic rings. The van der Waals surface area contributed by atoms with Crippen molar-refractivity contribution in [2.24, 2.45) is 0 Å². The summed E-state index contributed by atoms with van der Waals surface area (Å²) in [7, 11) is 0. The van der Waals surface area contributed by atoms with Crippen molar-refractivity contribution in [2.45, 2.75) is 6.18 Å². The zero-order valence-electron chi connectivity index (χ0n) is 9.84. The Labute approximate surface area is 116 Å². The molecule has 104 valence electrons. The smallest absolute Gasteiger partial charge is 0.298 e. The average Bonchev–Trinajstić information content (AvgIpc) is 2.38. The lowest BCUT2D eigenvalue weighted by Gasteiger charge is -2.10. The maximum Gasteiger partial charge on any atom is 0.419 e. The predicted octanol–water partition coefficient (Wildman–Crippen LogP) is 4.98. The highest BCUT2D eigenvalue weighted by Gasteiger charge is 2.34. The molecule has 0 N–H and O–H groups in total. The van der Waals surface area contributed by atoms with Gasteiger partial charge >= 0.3 is 6.18 Å². The number of carbonyl (C=O) groups excluding carboxylic acids is 1. The molecule has 0 unspecified atom stereocenters. The summed E-state index contributed by atoms with van der Waals surface area (Å²) >= 11 is 5.74. The lowest BCUT2D eigenvalue weighted by Crippen LogP contribution is -2.08. The van der Waals surface area contributed by atoms with Crippen molar-refractivity contribution in [1.82, 2.24) is 0 Å². The second-order valence-corrected chi connectivity index (χ2v) is 4.45. The summed E-state index contributed by atoms with van der Waals surface area (Å²) in [6.07, 6.45) is -4.28. The van der Waals surface area contributed by atoms with Crippen LogP contribution in [-0.2, 0) is 6.18 Å². The van der Waals surface area contributed by atoms with Gasteiger partial charge in [-0.2, -0.15) is 13.2 Å². The largest absolute Gasteiger partial charge is 0.419 e. The van der Waals surface area contributed by atoms with Crippen LogP contribution in [0.25, 0.3) is 11.1 Å². The summed E-state index contributed by atoms with van der Waals surface area (Å²) < 4.78 is 51.1. The van der Waals surface area contributed by atoms with Gasteiger partial charge in [-0.3, -0.25) is 4.79 Å². The van der Waals surface area contributed by atoms with Crippen LogP contribution in [0.15, 0.2) is 36.4 Å². The van der Waals surface area contributed by atoms with E-state index in [0.717, 1.165) is 6.07 Å². The molecule has 0 aromatic heterocycles. The van der Waals surface area contributed by atoms with Crippen molar-refractivity contribution in [1.29, 1.82) is 0 Å². The minimum atomic E-state index is -4.78. The average molecular weight is 303 g/mol. The fraction of sp³-hybridized carbons (Fsp3) is 0.0714. The predicted molar refractivity (Wildman–Crippen MR) is 67.2 cm³/mol. The van der Waals surface area contributed by atoms with Gasteiger partial charge in [-0.15, -0.1) is 0 Å². The number of halogens is 5. The van der Waals surface area contributed by atoms with Crippen LogP contribution < -0.4 is 0 Å². The van der Waals surface area contributed by atoms with Crippen molar-refractivity contribution >= 4 is 17.9 Å². The van der Waals surface area contributed by atoms with Gasteiger partial charge in [0.15, 0.2) is 6.29 Å². The van der Waals surface area contributed by atoms with Crippen molar-refractivity contribution in [3.05, 3.63) is 58.4 Å². The topological polar surface area (TPSA) is 17.1 Å². The van der Waals surface area contributed by atoms with E-state index in [0.29, 0.717) is 17.9 Å². The zero-order valence-corrected chi connectivity index (χ0v) is 10.6. The molecule has 0 saturated carbocycles. The van der Waals surface area contributed by atoms with E-state index in [1.807, 2.05) is 0 Å². The van der Waals surface area contributed by atoms with E-state index in [1.165, 1.54) is 24.3 Å². The Hall–Kier alpha value is -1.88. The molecule has 0 heterocycles. The molecule has 20 heavy (non-hydrogen) atoms. The molecule has 6 heteroatoms. The quantitative estimate of drug-likeness (QED) is 0.565. The van der Waals surface area contributed by atoms with E-state index in [2.05, 4.69) is 0 Å². The molecule has 0 saturated heterocycles.